The van der Waals surface area contributed by atoms with Gasteiger partial charge in [-0.3, -0.25) is 4.79 Å². The largest absolute Gasteiger partial charge is 0.471 e. The zero-order valence-corrected chi connectivity index (χ0v) is 13.6. The molecule has 0 radical (unpaired) electrons. The number of aryl methyl sites for hydroxylation is 2. The average molecular weight is 317 g/mol. The molecule has 2 aromatic heterocycles. The van der Waals surface area contributed by atoms with Crippen molar-refractivity contribution >= 4 is 17.2 Å². The third-order valence-corrected chi connectivity index (χ3v) is 4.70. The molecule has 22 heavy (non-hydrogen) atoms. The molecule has 2 aromatic rings. The number of aromatic nitrogens is 2. The molecule has 0 N–H and O–H groups in total. The van der Waals surface area contributed by atoms with Crippen molar-refractivity contribution in [1.82, 2.24) is 15.1 Å². The smallest absolute Gasteiger partial charge is 0.264 e. The summed E-state index contributed by atoms with van der Waals surface area (Å²) < 4.78 is 5.87. The number of ether oxygens (including phenoxy) is 1. The number of likely N-dealkylation sites (tertiary alicyclic amines) is 1. The van der Waals surface area contributed by atoms with Crippen LogP contribution >= 0.6 is 11.3 Å². The number of piperidine rings is 1. The Balaban J connectivity index is 1.63. The van der Waals surface area contributed by atoms with Gasteiger partial charge in [0.25, 0.3) is 5.91 Å². The van der Waals surface area contributed by atoms with Gasteiger partial charge in [0.15, 0.2) is 0 Å². The van der Waals surface area contributed by atoms with Gasteiger partial charge in [-0.05, 0) is 49.8 Å². The fourth-order valence-corrected chi connectivity index (χ4v) is 3.40. The lowest BCUT2D eigenvalue weighted by Crippen LogP contribution is -2.44. The van der Waals surface area contributed by atoms with Gasteiger partial charge in [0.1, 0.15) is 6.10 Å². The summed E-state index contributed by atoms with van der Waals surface area (Å²) >= 11 is 1.50. The number of rotatable bonds is 3. The van der Waals surface area contributed by atoms with E-state index >= 15 is 0 Å². The number of thiophene rings is 1. The molecule has 0 saturated carbocycles. The van der Waals surface area contributed by atoms with Crippen molar-refractivity contribution < 1.29 is 9.53 Å². The first kappa shape index (κ1) is 15.0. The van der Waals surface area contributed by atoms with E-state index in [1.165, 1.54) is 11.3 Å². The van der Waals surface area contributed by atoms with E-state index in [0.29, 0.717) is 12.4 Å². The summed E-state index contributed by atoms with van der Waals surface area (Å²) in [4.78, 5) is 15.2. The van der Waals surface area contributed by atoms with E-state index in [2.05, 4.69) is 10.2 Å². The standard InChI is InChI=1S/C16H19N3O2S/c1-11-8-14(22-10-11)16(20)19-7-3-4-13(9-19)21-15-6-5-12(2)17-18-15/h5-6,8,10,13H,3-4,7,9H2,1-2H3. The van der Waals surface area contributed by atoms with E-state index in [1.54, 1.807) is 0 Å². The maximum absolute atomic E-state index is 12.5. The molecule has 0 spiro atoms. The molecule has 1 aliphatic heterocycles. The van der Waals surface area contributed by atoms with Crippen LogP contribution in [0, 0.1) is 13.8 Å². The van der Waals surface area contributed by atoms with E-state index in [-0.39, 0.29) is 12.0 Å². The van der Waals surface area contributed by atoms with Crippen LogP contribution in [0.5, 0.6) is 5.88 Å². The third kappa shape index (κ3) is 3.44. The van der Waals surface area contributed by atoms with Crippen molar-refractivity contribution in [2.75, 3.05) is 13.1 Å². The summed E-state index contributed by atoms with van der Waals surface area (Å²) in [5, 5.41) is 10.0. The molecule has 1 aliphatic rings. The molecule has 1 unspecified atom stereocenters. The van der Waals surface area contributed by atoms with Crippen LogP contribution in [-0.4, -0.2) is 40.2 Å². The third-order valence-electron chi connectivity index (χ3n) is 3.67. The summed E-state index contributed by atoms with van der Waals surface area (Å²) in [5.74, 6) is 0.623. The summed E-state index contributed by atoms with van der Waals surface area (Å²) in [6.45, 7) is 5.28. The summed E-state index contributed by atoms with van der Waals surface area (Å²) in [6, 6.07) is 5.65. The van der Waals surface area contributed by atoms with Crippen LogP contribution in [0.25, 0.3) is 0 Å². The second-order valence-corrected chi connectivity index (χ2v) is 6.55. The molecule has 116 valence electrons. The first-order valence-electron chi connectivity index (χ1n) is 7.43. The summed E-state index contributed by atoms with van der Waals surface area (Å²) in [5.41, 5.74) is 1.99. The van der Waals surface area contributed by atoms with E-state index in [0.717, 1.165) is 35.5 Å². The summed E-state index contributed by atoms with van der Waals surface area (Å²) in [7, 11) is 0. The fraction of sp³-hybridized carbons (Fsp3) is 0.438. The number of amides is 1. The Hall–Kier alpha value is -1.95. The van der Waals surface area contributed by atoms with Gasteiger partial charge in [-0.2, -0.15) is 5.10 Å². The second-order valence-electron chi connectivity index (χ2n) is 5.63. The topological polar surface area (TPSA) is 55.3 Å². The highest BCUT2D eigenvalue weighted by Crippen LogP contribution is 2.21. The van der Waals surface area contributed by atoms with Crippen molar-refractivity contribution in [2.24, 2.45) is 0 Å². The van der Waals surface area contributed by atoms with Crippen molar-refractivity contribution in [3.05, 3.63) is 39.7 Å². The number of carbonyl (C=O) groups excluding carboxylic acids is 1. The first-order chi connectivity index (χ1) is 10.6. The Morgan fingerprint density at radius 1 is 1.36 bits per heavy atom. The highest BCUT2D eigenvalue weighted by Gasteiger charge is 2.26. The molecule has 0 aromatic carbocycles. The van der Waals surface area contributed by atoms with E-state index < -0.39 is 0 Å². The van der Waals surface area contributed by atoms with Crippen LogP contribution in [0.3, 0.4) is 0 Å². The maximum atomic E-state index is 12.5. The minimum absolute atomic E-state index is 0.0178. The molecule has 6 heteroatoms. The van der Waals surface area contributed by atoms with Crippen LogP contribution in [0.15, 0.2) is 23.6 Å². The Kier molecular flexibility index (Phi) is 4.38. The van der Waals surface area contributed by atoms with E-state index in [9.17, 15) is 4.79 Å². The van der Waals surface area contributed by atoms with Crippen molar-refractivity contribution in [3.8, 4) is 5.88 Å². The predicted molar refractivity (Wildman–Crippen MR) is 85.4 cm³/mol. The molecule has 0 bridgehead atoms. The molecular formula is C16H19N3O2S. The van der Waals surface area contributed by atoms with Crippen LogP contribution in [0.1, 0.15) is 33.8 Å². The number of hydrogen-bond donors (Lipinski definition) is 0. The Bertz CT molecular complexity index is 654. The molecular weight excluding hydrogens is 298 g/mol. The Labute approximate surface area is 133 Å². The quantitative estimate of drug-likeness (QED) is 0.873. The van der Waals surface area contributed by atoms with Crippen molar-refractivity contribution in [1.29, 1.82) is 0 Å². The number of nitrogens with zero attached hydrogens (tertiary/aromatic N) is 3. The zero-order chi connectivity index (χ0) is 15.5. The molecule has 3 heterocycles. The van der Waals surface area contributed by atoms with Gasteiger partial charge in [-0.25, -0.2) is 0 Å². The molecule has 1 fully saturated rings. The molecule has 5 nitrogen and oxygen atoms in total. The normalized spacial score (nSPS) is 18.3. The SMILES string of the molecule is Cc1csc(C(=O)N2CCCC(Oc3ccc(C)nn3)C2)c1. The van der Waals surface area contributed by atoms with Crippen LogP contribution in [0.2, 0.25) is 0 Å². The monoisotopic (exact) mass is 317 g/mol. The second kappa shape index (κ2) is 6.44. The highest BCUT2D eigenvalue weighted by molar-refractivity contribution is 7.12. The lowest BCUT2D eigenvalue weighted by atomic mass is 10.1. The van der Waals surface area contributed by atoms with Gasteiger partial charge in [0, 0.05) is 12.6 Å². The zero-order valence-electron chi connectivity index (χ0n) is 12.8. The van der Waals surface area contributed by atoms with Gasteiger partial charge in [-0.1, -0.05) is 0 Å². The lowest BCUT2D eigenvalue weighted by Gasteiger charge is -2.32. The minimum Gasteiger partial charge on any atom is -0.471 e. The van der Waals surface area contributed by atoms with E-state index in [4.69, 9.17) is 4.74 Å². The van der Waals surface area contributed by atoms with Gasteiger partial charge in [0.05, 0.1) is 17.1 Å². The molecule has 1 saturated heterocycles. The van der Waals surface area contributed by atoms with Gasteiger partial charge in [-0.15, -0.1) is 16.4 Å². The predicted octanol–water partition coefficient (Wildman–Crippen LogP) is 2.84. The Morgan fingerprint density at radius 3 is 2.91 bits per heavy atom. The molecule has 3 rings (SSSR count). The molecule has 1 atom stereocenters. The summed E-state index contributed by atoms with van der Waals surface area (Å²) in [6.07, 6.45) is 1.86. The van der Waals surface area contributed by atoms with Crippen LogP contribution < -0.4 is 4.74 Å². The fourth-order valence-electron chi connectivity index (χ4n) is 2.54. The highest BCUT2D eigenvalue weighted by atomic mass is 32.1. The van der Waals surface area contributed by atoms with Crippen molar-refractivity contribution in [2.45, 2.75) is 32.8 Å². The number of carbonyl (C=O) groups is 1. The van der Waals surface area contributed by atoms with Gasteiger partial charge >= 0.3 is 0 Å². The maximum Gasteiger partial charge on any atom is 0.264 e. The first-order valence-corrected chi connectivity index (χ1v) is 8.31. The van der Waals surface area contributed by atoms with Crippen molar-refractivity contribution in [3.63, 3.8) is 0 Å². The lowest BCUT2D eigenvalue weighted by molar-refractivity contribution is 0.0529. The van der Waals surface area contributed by atoms with Gasteiger partial charge < -0.3 is 9.64 Å². The van der Waals surface area contributed by atoms with Gasteiger partial charge in [0.2, 0.25) is 5.88 Å². The molecule has 0 aliphatic carbocycles. The van der Waals surface area contributed by atoms with Crippen LogP contribution in [-0.2, 0) is 0 Å². The van der Waals surface area contributed by atoms with Crippen LogP contribution in [0.4, 0.5) is 0 Å². The Morgan fingerprint density at radius 2 is 2.23 bits per heavy atom. The number of hydrogen-bond acceptors (Lipinski definition) is 5. The average Bonchev–Trinajstić information content (AvgIpc) is 2.96. The molecule has 1 amide bonds. The minimum atomic E-state index is -0.0178. The van der Waals surface area contributed by atoms with E-state index in [1.807, 2.05) is 42.3 Å².